The minimum Gasteiger partial charge on any atom is -0.492 e. The molecule has 0 aliphatic rings. The molecule has 0 saturated heterocycles. The summed E-state index contributed by atoms with van der Waals surface area (Å²) in [4.78, 5) is 0. The van der Waals surface area contributed by atoms with Crippen LogP contribution in [0.25, 0.3) is 0 Å². The zero-order chi connectivity index (χ0) is 14.5. The summed E-state index contributed by atoms with van der Waals surface area (Å²) in [5, 5.41) is 2.59. The Morgan fingerprint density at radius 1 is 1.05 bits per heavy atom. The molecule has 0 atom stereocenters. The van der Waals surface area contributed by atoms with Gasteiger partial charge in [-0.1, -0.05) is 15.9 Å². The number of hydrogen-bond acceptors (Lipinski definition) is 2. The normalized spacial score (nSPS) is 10.4. The Bertz CT molecular complexity index is 590. The largest absolute Gasteiger partial charge is 0.492 e. The Labute approximate surface area is 122 Å². The van der Waals surface area contributed by atoms with Crippen LogP contribution in [-0.2, 0) is 0 Å². The molecule has 0 radical (unpaired) electrons. The van der Waals surface area contributed by atoms with Gasteiger partial charge in [0.1, 0.15) is 18.2 Å². The first kappa shape index (κ1) is 14.7. The van der Waals surface area contributed by atoms with Crippen LogP contribution in [0.1, 0.15) is 0 Å². The average Bonchev–Trinajstić information content (AvgIpc) is 2.42. The van der Waals surface area contributed by atoms with Crippen molar-refractivity contribution in [3.8, 4) is 5.75 Å². The molecular formula is C14H11BrF3NO. The van der Waals surface area contributed by atoms with Gasteiger partial charge in [-0.3, -0.25) is 0 Å². The van der Waals surface area contributed by atoms with Gasteiger partial charge < -0.3 is 10.1 Å². The van der Waals surface area contributed by atoms with Gasteiger partial charge in [0.15, 0.2) is 11.6 Å². The molecule has 2 nitrogen and oxygen atoms in total. The molecule has 2 aromatic carbocycles. The Morgan fingerprint density at radius 2 is 1.75 bits per heavy atom. The molecule has 2 rings (SSSR count). The lowest BCUT2D eigenvalue weighted by Gasteiger charge is -2.10. The van der Waals surface area contributed by atoms with Crippen LogP contribution < -0.4 is 10.1 Å². The predicted octanol–water partition coefficient (Wildman–Crippen LogP) is 4.36. The molecule has 6 heteroatoms. The van der Waals surface area contributed by atoms with Crippen molar-refractivity contribution in [1.82, 2.24) is 0 Å². The summed E-state index contributed by atoms with van der Waals surface area (Å²) in [6, 6.07) is 8.59. The van der Waals surface area contributed by atoms with E-state index in [0.717, 1.165) is 10.5 Å². The van der Waals surface area contributed by atoms with Crippen LogP contribution in [0.4, 0.5) is 18.9 Å². The average molecular weight is 346 g/mol. The minimum atomic E-state index is -1.22. The van der Waals surface area contributed by atoms with Crippen molar-refractivity contribution in [2.75, 3.05) is 18.5 Å². The van der Waals surface area contributed by atoms with Crippen molar-refractivity contribution in [2.24, 2.45) is 0 Å². The second-order valence-electron chi connectivity index (χ2n) is 3.98. The van der Waals surface area contributed by atoms with E-state index in [1.807, 2.05) is 12.1 Å². The highest BCUT2D eigenvalue weighted by Crippen LogP contribution is 2.19. The number of halogens is 4. The molecule has 0 spiro atoms. The van der Waals surface area contributed by atoms with E-state index in [2.05, 4.69) is 21.2 Å². The molecule has 0 aromatic heterocycles. The molecule has 0 saturated carbocycles. The van der Waals surface area contributed by atoms with E-state index >= 15 is 0 Å². The maximum atomic E-state index is 13.3. The van der Waals surface area contributed by atoms with E-state index in [4.69, 9.17) is 4.74 Å². The Hall–Kier alpha value is -1.69. The summed E-state index contributed by atoms with van der Waals surface area (Å²) >= 11 is 3.30. The van der Waals surface area contributed by atoms with Gasteiger partial charge in [0, 0.05) is 23.2 Å². The third-order valence-corrected chi connectivity index (χ3v) is 3.02. The second kappa shape index (κ2) is 6.65. The summed E-state index contributed by atoms with van der Waals surface area (Å²) in [5.74, 6) is -2.50. The molecule has 2 aromatic rings. The zero-order valence-corrected chi connectivity index (χ0v) is 11.9. The van der Waals surface area contributed by atoms with Crippen LogP contribution in [-0.4, -0.2) is 13.2 Å². The third-order valence-electron chi connectivity index (χ3n) is 2.49. The standard InChI is InChI=1S/C14H11BrF3NO/c15-9-1-3-11(4-2-9)20-6-5-19-13-8-10(16)7-12(17)14(13)18/h1-4,7-8,19H,5-6H2. The lowest BCUT2D eigenvalue weighted by Crippen LogP contribution is -2.13. The molecule has 0 aliphatic heterocycles. The molecule has 0 amide bonds. The molecule has 106 valence electrons. The quantitative estimate of drug-likeness (QED) is 0.642. The van der Waals surface area contributed by atoms with E-state index in [1.54, 1.807) is 12.1 Å². The van der Waals surface area contributed by atoms with Crippen LogP contribution in [0.5, 0.6) is 5.75 Å². The first-order valence-electron chi connectivity index (χ1n) is 5.83. The van der Waals surface area contributed by atoms with Gasteiger partial charge >= 0.3 is 0 Å². The molecular weight excluding hydrogens is 335 g/mol. The number of ether oxygens (including phenoxy) is 1. The fraction of sp³-hybridized carbons (Fsp3) is 0.143. The highest BCUT2D eigenvalue weighted by atomic mass is 79.9. The monoisotopic (exact) mass is 345 g/mol. The summed E-state index contributed by atoms with van der Waals surface area (Å²) in [7, 11) is 0. The number of nitrogens with one attached hydrogen (secondary N) is 1. The summed E-state index contributed by atoms with van der Waals surface area (Å²) in [6.45, 7) is 0.453. The van der Waals surface area contributed by atoms with Crippen LogP contribution in [0.3, 0.4) is 0 Å². The Balaban J connectivity index is 1.86. The van der Waals surface area contributed by atoms with Gasteiger partial charge in [0.25, 0.3) is 0 Å². The lowest BCUT2D eigenvalue weighted by molar-refractivity contribution is 0.332. The lowest BCUT2D eigenvalue weighted by atomic mass is 10.3. The van der Waals surface area contributed by atoms with Crippen molar-refractivity contribution >= 4 is 21.6 Å². The highest BCUT2D eigenvalue weighted by Gasteiger charge is 2.10. The highest BCUT2D eigenvalue weighted by molar-refractivity contribution is 9.10. The van der Waals surface area contributed by atoms with Crippen LogP contribution >= 0.6 is 15.9 Å². The maximum absolute atomic E-state index is 13.3. The van der Waals surface area contributed by atoms with Gasteiger partial charge in [-0.05, 0) is 24.3 Å². The van der Waals surface area contributed by atoms with Crippen LogP contribution in [0, 0.1) is 17.5 Å². The van der Waals surface area contributed by atoms with E-state index in [9.17, 15) is 13.2 Å². The number of benzene rings is 2. The van der Waals surface area contributed by atoms with Crippen molar-refractivity contribution in [2.45, 2.75) is 0 Å². The summed E-state index contributed by atoms with van der Waals surface area (Å²) in [5.41, 5.74) is -0.220. The van der Waals surface area contributed by atoms with Crippen molar-refractivity contribution in [1.29, 1.82) is 0 Å². The van der Waals surface area contributed by atoms with Crippen molar-refractivity contribution in [3.05, 3.63) is 58.3 Å². The number of hydrogen-bond donors (Lipinski definition) is 1. The molecule has 0 bridgehead atoms. The smallest absolute Gasteiger partial charge is 0.182 e. The Morgan fingerprint density at radius 3 is 2.45 bits per heavy atom. The van der Waals surface area contributed by atoms with Crippen LogP contribution in [0.15, 0.2) is 40.9 Å². The molecule has 0 aliphatic carbocycles. The first-order valence-corrected chi connectivity index (χ1v) is 6.62. The minimum absolute atomic E-state index is 0.218. The zero-order valence-electron chi connectivity index (χ0n) is 10.3. The maximum Gasteiger partial charge on any atom is 0.182 e. The molecule has 0 fully saturated rings. The van der Waals surface area contributed by atoms with Crippen LogP contribution in [0.2, 0.25) is 0 Å². The van der Waals surface area contributed by atoms with Gasteiger partial charge in [-0.2, -0.15) is 0 Å². The fourth-order valence-corrected chi connectivity index (χ4v) is 1.83. The predicted molar refractivity (Wildman–Crippen MR) is 74.4 cm³/mol. The van der Waals surface area contributed by atoms with E-state index in [0.29, 0.717) is 11.8 Å². The second-order valence-corrected chi connectivity index (χ2v) is 4.89. The molecule has 0 heterocycles. The van der Waals surface area contributed by atoms with Crippen molar-refractivity contribution < 1.29 is 17.9 Å². The SMILES string of the molecule is Fc1cc(F)c(F)c(NCCOc2ccc(Br)cc2)c1. The van der Waals surface area contributed by atoms with E-state index in [1.165, 1.54) is 0 Å². The fourth-order valence-electron chi connectivity index (χ4n) is 1.57. The number of anilines is 1. The topological polar surface area (TPSA) is 21.3 Å². The van der Waals surface area contributed by atoms with E-state index in [-0.39, 0.29) is 18.8 Å². The molecule has 0 unspecified atom stereocenters. The van der Waals surface area contributed by atoms with Gasteiger partial charge in [0.05, 0.1) is 5.69 Å². The third kappa shape index (κ3) is 3.90. The number of rotatable bonds is 5. The van der Waals surface area contributed by atoms with Gasteiger partial charge in [-0.15, -0.1) is 0 Å². The molecule has 20 heavy (non-hydrogen) atoms. The summed E-state index contributed by atoms with van der Waals surface area (Å²) in [6.07, 6.45) is 0. The van der Waals surface area contributed by atoms with Crippen molar-refractivity contribution in [3.63, 3.8) is 0 Å². The summed E-state index contributed by atoms with van der Waals surface area (Å²) < 4.78 is 45.5. The van der Waals surface area contributed by atoms with Gasteiger partial charge in [0.2, 0.25) is 0 Å². The molecule has 1 N–H and O–H groups in total. The first-order chi connectivity index (χ1) is 9.56. The van der Waals surface area contributed by atoms with E-state index < -0.39 is 17.5 Å². The van der Waals surface area contributed by atoms with Gasteiger partial charge in [-0.25, -0.2) is 13.2 Å². The Kier molecular flexibility index (Phi) is 4.89.